The molecule has 0 radical (unpaired) electrons. The van der Waals surface area contributed by atoms with Crippen molar-refractivity contribution in [1.82, 2.24) is 35.4 Å². The molecule has 2 aromatic carbocycles. The number of tetrazole rings is 1. The summed E-state index contributed by atoms with van der Waals surface area (Å²) in [6, 6.07) is 16.3. The molecular weight excluding hydrogens is 442 g/mol. The first-order chi connectivity index (χ1) is 17.0. The van der Waals surface area contributed by atoms with Gasteiger partial charge in [0.15, 0.2) is 11.6 Å². The SMILES string of the molecule is CCCC(C(=O)O)c1nc(CCC(C)C)n(Cc2ccc(-c3ccccc3-c3nnn[nH]3)cc2)n1. The number of H-pyrrole nitrogens is 1. The lowest BCUT2D eigenvalue weighted by molar-refractivity contribution is -0.139. The first-order valence-electron chi connectivity index (χ1n) is 12.0. The smallest absolute Gasteiger partial charge is 0.314 e. The molecule has 4 aromatic rings. The van der Waals surface area contributed by atoms with Crippen molar-refractivity contribution in [3.8, 4) is 22.5 Å². The molecule has 0 aliphatic rings. The normalized spacial score (nSPS) is 12.2. The molecule has 0 amide bonds. The third kappa shape index (κ3) is 5.79. The average Bonchev–Trinajstić information content (AvgIpc) is 3.52. The van der Waals surface area contributed by atoms with Crippen LogP contribution in [0, 0.1) is 5.92 Å². The molecule has 0 aliphatic carbocycles. The Bertz CT molecular complexity index is 1250. The Morgan fingerprint density at radius 1 is 1.06 bits per heavy atom. The third-order valence-electron chi connectivity index (χ3n) is 6.02. The van der Waals surface area contributed by atoms with Crippen LogP contribution in [0.5, 0.6) is 0 Å². The third-order valence-corrected chi connectivity index (χ3v) is 6.02. The van der Waals surface area contributed by atoms with Crippen molar-refractivity contribution in [2.24, 2.45) is 5.92 Å². The van der Waals surface area contributed by atoms with E-state index in [1.54, 1.807) is 0 Å². The molecule has 0 saturated heterocycles. The number of hydrogen-bond donors (Lipinski definition) is 2. The number of aromatic amines is 1. The summed E-state index contributed by atoms with van der Waals surface area (Å²) in [5.41, 5.74) is 4.08. The van der Waals surface area contributed by atoms with E-state index in [4.69, 9.17) is 0 Å². The number of aryl methyl sites for hydroxylation is 1. The maximum absolute atomic E-state index is 11.8. The Labute approximate surface area is 204 Å². The minimum Gasteiger partial charge on any atom is -0.481 e. The summed E-state index contributed by atoms with van der Waals surface area (Å²) >= 11 is 0. The van der Waals surface area contributed by atoms with E-state index in [1.807, 2.05) is 35.9 Å². The fourth-order valence-electron chi connectivity index (χ4n) is 4.10. The van der Waals surface area contributed by atoms with Crippen LogP contribution < -0.4 is 0 Å². The second-order valence-electron chi connectivity index (χ2n) is 9.15. The molecular formula is C26H31N7O2. The topological polar surface area (TPSA) is 122 Å². The summed E-state index contributed by atoms with van der Waals surface area (Å²) in [5.74, 6) is 0.837. The number of carbonyl (C=O) groups is 1. The summed E-state index contributed by atoms with van der Waals surface area (Å²) in [6.07, 6.45) is 3.02. The quantitative estimate of drug-likeness (QED) is 0.323. The molecule has 35 heavy (non-hydrogen) atoms. The van der Waals surface area contributed by atoms with E-state index in [0.717, 1.165) is 47.3 Å². The van der Waals surface area contributed by atoms with Crippen molar-refractivity contribution >= 4 is 5.97 Å². The fraction of sp³-hybridized carbons (Fsp3) is 0.385. The monoisotopic (exact) mass is 473 g/mol. The van der Waals surface area contributed by atoms with E-state index in [1.165, 1.54) is 0 Å². The summed E-state index contributed by atoms with van der Waals surface area (Å²) in [4.78, 5) is 16.5. The molecule has 0 aliphatic heterocycles. The van der Waals surface area contributed by atoms with E-state index in [0.29, 0.717) is 30.5 Å². The molecule has 0 fully saturated rings. The van der Waals surface area contributed by atoms with E-state index in [9.17, 15) is 9.90 Å². The number of aromatic nitrogens is 7. The lowest BCUT2D eigenvalue weighted by Gasteiger charge is -2.10. The molecule has 9 heteroatoms. The van der Waals surface area contributed by atoms with Crippen LogP contribution in [0.25, 0.3) is 22.5 Å². The number of hydrogen-bond acceptors (Lipinski definition) is 6. The molecule has 0 bridgehead atoms. The number of nitrogens with zero attached hydrogens (tertiary/aromatic N) is 6. The number of carboxylic acid groups (broad SMARTS) is 1. The van der Waals surface area contributed by atoms with Gasteiger partial charge in [0, 0.05) is 12.0 Å². The zero-order valence-corrected chi connectivity index (χ0v) is 20.3. The highest BCUT2D eigenvalue weighted by molar-refractivity contribution is 5.80. The van der Waals surface area contributed by atoms with Gasteiger partial charge in [-0.1, -0.05) is 75.7 Å². The predicted molar refractivity (Wildman–Crippen MR) is 133 cm³/mol. The molecule has 1 atom stereocenters. The number of benzene rings is 2. The Kier molecular flexibility index (Phi) is 7.64. The van der Waals surface area contributed by atoms with Crippen LogP contribution in [0.15, 0.2) is 48.5 Å². The highest BCUT2D eigenvalue weighted by Gasteiger charge is 2.25. The lowest BCUT2D eigenvalue weighted by Crippen LogP contribution is -2.13. The number of nitrogens with one attached hydrogen (secondary N) is 1. The van der Waals surface area contributed by atoms with Crippen LogP contribution in [0.1, 0.15) is 63.2 Å². The minimum absolute atomic E-state index is 0.407. The summed E-state index contributed by atoms with van der Waals surface area (Å²) in [7, 11) is 0. The number of carboxylic acids is 1. The first-order valence-corrected chi connectivity index (χ1v) is 12.0. The maximum Gasteiger partial charge on any atom is 0.314 e. The Morgan fingerprint density at radius 3 is 2.43 bits per heavy atom. The van der Waals surface area contributed by atoms with Gasteiger partial charge in [-0.3, -0.25) is 4.79 Å². The van der Waals surface area contributed by atoms with Crippen molar-refractivity contribution in [1.29, 1.82) is 0 Å². The van der Waals surface area contributed by atoms with Gasteiger partial charge in [0.1, 0.15) is 11.7 Å². The van der Waals surface area contributed by atoms with E-state index in [2.05, 4.69) is 68.8 Å². The number of aliphatic carboxylic acids is 1. The van der Waals surface area contributed by atoms with E-state index in [-0.39, 0.29) is 0 Å². The molecule has 2 heterocycles. The predicted octanol–water partition coefficient (Wildman–Crippen LogP) is 4.73. The van der Waals surface area contributed by atoms with Gasteiger partial charge in [-0.15, -0.1) is 5.10 Å². The van der Waals surface area contributed by atoms with Crippen molar-refractivity contribution in [2.75, 3.05) is 0 Å². The average molecular weight is 474 g/mol. The first kappa shape index (κ1) is 24.3. The summed E-state index contributed by atoms with van der Waals surface area (Å²) in [6.45, 7) is 6.85. The molecule has 0 saturated carbocycles. The molecule has 2 aromatic heterocycles. The Balaban J connectivity index is 1.60. The van der Waals surface area contributed by atoms with Gasteiger partial charge in [-0.05, 0) is 45.9 Å². The number of rotatable bonds is 11. The van der Waals surface area contributed by atoms with Gasteiger partial charge in [0.2, 0.25) is 0 Å². The van der Waals surface area contributed by atoms with Gasteiger partial charge >= 0.3 is 5.97 Å². The van der Waals surface area contributed by atoms with Gasteiger partial charge in [0.25, 0.3) is 0 Å². The molecule has 0 spiro atoms. The second kappa shape index (κ2) is 11.0. The van der Waals surface area contributed by atoms with Crippen LogP contribution in [0.2, 0.25) is 0 Å². The van der Waals surface area contributed by atoms with Crippen LogP contribution >= 0.6 is 0 Å². The van der Waals surface area contributed by atoms with Crippen molar-refractivity contribution in [2.45, 2.75) is 58.9 Å². The molecule has 2 N–H and O–H groups in total. The molecule has 182 valence electrons. The summed E-state index contributed by atoms with van der Waals surface area (Å²) < 4.78 is 1.87. The minimum atomic E-state index is -0.871. The van der Waals surface area contributed by atoms with Crippen LogP contribution in [0.3, 0.4) is 0 Å². The zero-order valence-electron chi connectivity index (χ0n) is 20.3. The highest BCUT2D eigenvalue weighted by Crippen LogP contribution is 2.30. The largest absolute Gasteiger partial charge is 0.481 e. The molecule has 4 rings (SSSR count). The van der Waals surface area contributed by atoms with Crippen LogP contribution in [-0.2, 0) is 17.8 Å². The van der Waals surface area contributed by atoms with Crippen molar-refractivity contribution in [3.63, 3.8) is 0 Å². The van der Waals surface area contributed by atoms with Crippen LogP contribution in [0.4, 0.5) is 0 Å². The van der Waals surface area contributed by atoms with Gasteiger partial charge in [-0.25, -0.2) is 14.8 Å². The Hall–Kier alpha value is -3.88. The lowest BCUT2D eigenvalue weighted by atomic mass is 9.98. The Morgan fingerprint density at radius 2 is 1.80 bits per heavy atom. The summed E-state index contributed by atoms with van der Waals surface area (Å²) in [5, 5.41) is 28.6. The fourth-order valence-corrected chi connectivity index (χ4v) is 4.10. The van der Waals surface area contributed by atoms with E-state index >= 15 is 0 Å². The van der Waals surface area contributed by atoms with Crippen LogP contribution in [-0.4, -0.2) is 46.5 Å². The highest BCUT2D eigenvalue weighted by atomic mass is 16.4. The maximum atomic E-state index is 11.8. The standard InChI is InChI=1S/C26H31N7O2/c1-4-7-22(26(34)35)24-27-23(15-10-17(2)3)33(30-24)16-18-11-13-19(14-12-18)20-8-5-6-9-21(20)25-28-31-32-29-25/h5-6,8-9,11-14,17,22H,4,7,10,15-16H2,1-3H3,(H,34,35)(H,28,29,31,32). The van der Waals surface area contributed by atoms with Gasteiger partial charge < -0.3 is 5.11 Å². The van der Waals surface area contributed by atoms with Gasteiger partial charge in [0.05, 0.1) is 6.54 Å². The van der Waals surface area contributed by atoms with E-state index < -0.39 is 11.9 Å². The zero-order chi connectivity index (χ0) is 24.8. The second-order valence-corrected chi connectivity index (χ2v) is 9.15. The van der Waals surface area contributed by atoms with Gasteiger partial charge in [-0.2, -0.15) is 5.10 Å². The van der Waals surface area contributed by atoms with Crippen molar-refractivity contribution < 1.29 is 9.90 Å². The van der Waals surface area contributed by atoms with Crippen molar-refractivity contribution in [3.05, 3.63) is 65.7 Å². The molecule has 1 unspecified atom stereocenters. The molecule has 9 nitrogen and oxygen atoms in total.